The maximum Gasteiger partial charge on any atom is 0.389 e. The third-order valence-corrected chi connectivity index (χ3v) is 7.23. The van der Waals surface area contributed by atoms with Crippen LogP contribution in [0.3, 0.4) is 0 Å². The number of aromatic nitrogens is 6. The van der Waals surface area contributed by atoms with Crippen molar-refractivity contribution in [3.05, 3.63) is 58.4 Å². The lowest BCUT2D eigenvalue weighted by atomic mass is 9.71. The molecule has 1 saturated carbocycles. The number of carbonyl (C=O) groups excluding carboxylic acids is 1. The van der Waals surface area contributed by atoms with Gasteiger partial charge in [-0.3, -0.25) is 4.79 Å². The number of halogens is 5. The fourth-order valence-electron chi connectivity index (χ4n) is 5.17. The lowest BCUT2D eigenvalue weighted by Gasteiger charge is -2.28. The summed E-state index contributed by atoms with van der Waals surface area (Å²) in [6, 6.07) is 4.22. The summed E-state index contributed by atoms with van der Waals surface area (Å²) in [6.45, 7) is 0. The molecular weight excluding hydrogens is 528 g/mol. The minimum atomic E-state index is -4.29. The Bertz CT molecular complexity index is 1600. The molecule has 2 aliphatic rings. The van der Waals surface area contributed by atoms with Crippen LogP contribution in [-0.2, 0) is 16.6 Å². The molecule has 1 unspecified atom stereocenters. The number of nitrogen functional groups attached to an aromatic ring is 1. The van der Waals surface area contributed by atoms with E-state index in [4.69, 9.17) is 17.3 Å². The molecule has 0 bridgehead atoms. The molecular formula is C24H19ClF4N8O. The predicted molar refractivity (Wildman–Crippen MR) is 129 cm³/mol. The van der Waals surface area contributed by atoms with E-state index in [2.05, 4.69) is 30.4 Å². The van der Waals surface area contributed by atoms with E-state index in [9.17, 15) is 22.4 Å². The molecule has 3 aromatic heterocycles. The van der Waals surface area contributed by atoms with E-state index in [0.29, 0.717) is 22.5 Å². The Kier molecular flexibility index (Phi) is 5.53. The molecule has 0 spiro atoms. The van der Waals surface area contributed by atoms with Crippen molar-refractivity contribution in [2.24, 2.45) is 5.92 Å². The van der Waals surface area contributed by atoms with Gasteiger partial charge in [-0.1, -0.05) is 17.7 Å². The molecule has 9 nitrogen and oxygen atoms in total. The van der Waals surface area contributed by atoms with Crippen molar-refractivity contribution in [3.8, 4) is 11.5 Å². The standard InChI is InChI=1S/C24H19ClF4N8O/c25-13-6-5-12(8-14(13)26)24(11-3-4-11)17-18(30)34-19(35-20(17)36-22(24)38)16-9-37-21(31-10-32-37)15(33-16)2-1-7-23(27,28)29/h5-6,8-11H,1-4,7H2,(H3,30,34,35,36,38). The molecule has 6 rings (SSSR count). The van der Waals surface area contributed by atoms with Gasteiger partial charge < -0.3 is 11.1 Å². The van der Waals surface area contributed by atoms with E-state index < -0.39 is 29.7 Å². The van der Waals surface area contributed by atoms with Gasteiger partial charge in [0.15, 0.2) is 11.5 Å². The van der Waals surface area contributed by atoms with E-state index >= 15 is 0 Å². The topological polar surface area (TPSA) is 124 Å². The van der Waals surface area contributed by atoms with Crippen LogP contribution in [-0.4, -0.2) is 41.6 Å². The molecule has 196 valence electrons. The quantitative estimate of drug-likeness (QED) is 0.341. The van der Waals surface area contributed by atoms with Gasteiger partial charge in [0.25, 0.3) is 0 Å². The highest BCUT2D eigenvalue weighted by Gasteiger charge is 2.59. The second-order valence-corrected chi connectivity index (χ2v) is 9.80. The molecule has 1 aliphatic heterocycles. The Labute approximate surface area is 217 Å². The minimum Gasteiger partial charge on any atom is -0.383 e. The number of fused-ring (bicyclic) bond motifs is 2. The summed E-state index contributed by atoms with van der Waals surface area (Å²) in [5, 5.41) is 6.79. The number of hydrogen-bond donors (Lipinski definition) is 2. The Morgan fingerprint density at radius 1 is 1.21 bits per heavy atom. The molecule has 38 heavy (non-hydrogen) atoms. The summed E-state index contributed by atoms with van der Waals surface area (Å²) >= 11 is 5.89. The molecule has 1 amide bonds. The maximum atomic E-state index is 14.5. The van der Waals surface area contributed by atoms with Gasteiger partial charge in [-0.25, -0.2) is 28.8 Å². The van der Waals surface area contributed by atoms with Crippen molar-refractivity contribution in [3.63, 3.8) is 0 Å². The van der Waals surface area contributed by atoms with Crippen LogP contribution in [0.2, 0.25) is 5.02 Å². The van der Waals surface area contributed by atoms with Gasteiger partial charge in [0.2, 0.25) is 5.91 Å². The fraction of sp³-hybridized carbons (Fsp3) is 0.333. The van der Waals surface area contributed by atoms with Crippen molar-refractivity contribution in [2.45, 2.75) is 43.7 Å². The number of nitrogens with zero attached hydrogens (tertiary/aromatic N) is 6. The Morgan fingerprint density at radius 3 is 2.71 bits per heavy atom. The zero-order chi connectivity index (χ0) is 26.8. The highest BCUT2D eigenvalue weighted by Crippen LogP contribution is 2.57. The van der Waals surface area contributed by atoms with Crippen LogP contribution >= 0.6 is 11.6 Å². The van der Waals surface area contributed by atoms with Crippen molar-refractivity contribution < 1.29 is 22.4 Å². The van der Waals surface area contributed by atoms with Gasteiger partial charge in [-0.15, -0.1) is 0 Å². The minimum absolute atomic E-state index is 0.000373. The zero-order valence-corrected chi connectivity index (χ0v) is 20.3. The van der Waals surface area contributed by atoms with Crippen molar-refractivity contribution >= 4 is 34.8 Å². The summed E-state index contributed by atoms with van der Waals surface area (Å²) in [4.78, 5) is 31.0. The van der Waals surface area contributed by atoms with Crippen LogP contribution in [0.4, 0.5) is 29.2 Å². The van der Waals surface area contributed by atoms with Crippen molar-refractivity contribution in [1.82, 2.24) is 29.5 Å². The van der Waals surface area contributed by atoms with E-state index in [-0.39, 0.29) is 46.9 Å². The Balaban J connectivity index is 1.44. The highest BCUT2D eigenvalue weighted by molar-refractivity contribution is 6.30. The number of benzene rings is 1. The number of hydrogen-bond acceptors (Lipinski definition) is 7. The molecule has 4 heterocycles. The van der Waals surface area contributed by atoms with E-state index in [1.165, 1.54) is 29.2 Å². The first-order valence-electron chi connectivity index (χ1n) is 11.8. The predicted octanol–water partition coefficient (Wildman–Crippen LogP) is 4.49. The molecule has 1 fully saturated rings. The summed E-state index contributed by atoms with van der Waals surface area (Å²) in [5.41, 5.74) is 6.69. The van der Waals surface area contributed by atoms with E-state index in [1.54, 1.807) is 6.07 Å². The molecule has 1 atom stereocenters. The monoisotopic (exact) mass is 546 g/mol. The number of carbonyl (C=O) groups is 1. The van der Waals surface area contributed by atoms with Crippen LogP contribution in [0.5, 0.6) is 0 Å². The number of rotatable bonds is 6. The summed E-state index contributed by atoms with van der Waals surface area (Å²) in [7, 11) is 0. The van der Waals surface area contributed by atoms with Gasteiger partial charge in [0.05, 0.1) is 22.5 Å². The van der Waals surface area contributed by atoms with Gasteiger partial charge in [0, 0.05) is 6.42 Å². The SMILES string of the molecule is Nc1nc(-c2cn3ncnc3c(CCCC(F)(F)F)n2)nc2c1C(c1ccc(Cl)c(F)c1)(C1CC1)C(=O)N2. The van der Waals surface area contributed by atoms with E-state index in [1.807, 2.05) is 0 Å². The van der Waals surface area contributed by atoms with Gasteiger partial charge >= 0.3 is 6.18 Å². The highest BCUT2D eigenvalue weighted by atomic mass is 35.5. The lowest BCUT2D eigenvalue weighted by molar-refractivity contribution is -0.135. The average Bonchev–Trinajstić information content (AvgIpc) is 3.50. The molecule has 0 radical (unpaired) electrons. The van der Waals surface area contributed by atoms with Crippen LogP contribution in [0.25, 0.3) is 17.2 Å². The van der Waals surface area contributed by atoms with Crippen LogP contribution in [0.1, 0.15) is 42.5 Å². The second kappa shape index (κ2) is 8.58. The first kappa shape index (κ1) is 24.5. The van der Waals surface area contributed by atoms with Crippen LogP contribution in [0, 0.1) is 11.7 Å². The number of amides is 1. The van der Waals surface area contributed by atoms with Gasteiger partial charge in [-0.05, 0) is 49.3 Å². The van der Waals surface area contributed by atoms with Crippen LogP contribution in [0.15, 0.2) is 30.7 Å². The molecule has 1 aromatic carbocycles. The molecule has 4 aromatic rings. The largest absolute Gasteiger partial charge is 0.389 e. The number of anilines is 2. The third-order valence-electron chi connectivity index (χ3n) is 6.92. The molecule has 0 saturated heterocycles. The Morgan fingerprint density at radius 2 is 2.00 bits per heavy atom. The molecule has 14 heteroatoms. The van der Waals surface area contributed by atoms with Gasteiger partial charge in [-0.2, -0.15) is 18.3 Å². The first-order valence-corrected chi connectivity index (χ1v) is 12.2. The van der Waals surface area contributed by atoms with Gasteiger partial charge in [0.1, 0.15) is 34.9 Å². The summed E-state index contributed by atoms with van der Waals surface area (Å²) in [6.07, 6.45) is -1.25. The molecule has 3 N–H and O–H groups in total. The average molecular weight is 547 g/mol. The van der Waals surface area contributed by atoms with Crippen molar-refractivity contribution in [1.29, 1.82) is 0 Å². The summed E-state index contributed by atoms with van der Waals surface area (Å²) in [5.74, 6) is -0.980. The molecule has 1 aliphatic carbocycles. The number of nitrogens with two attached hydrogens (primary N) is 1. The Hall–Kier alpha value is -3.87. The fourth-order valence-corrected chi connectivity index (χ4v) is 5.29. The lowest BCUT2D eigenvalue weighted by Crippen LogP contribution is -2.38. The number of alkyl halides is 3. The third kappa shape index (κ3) is 3.92. The smallest absolute Gasteiger partial charge is 0.383 e. The summed E-state index contributed by atoms with van der Waals surface area (Å²) < 4.78 is 53.9. The number of aryl methyl sites for hydroxylation is 1. The normalized spacial score (nSPS) is 19.1. The van der Waals surface area contributed by atoms with Crippen LogP contribution < -0.4 is 11.1 Å². The first-order chi connectivity index (χ1) is 18.1. The van der Waals surface area contributed by atoms with E-state index in [0.717, 1.165) is 12.8 Å². The van der Waals surface area contributed by atoms with Crippen molar-refractivity contribution in [2.75, 3.05) is 11.1 Å². The number of nitrogens with one attached hydrogen (secondary N) is 1. The second-order valence-electron chi connectivity index (χ2n) is 9.39. The zero-order valence-electron chi connectivity index (χ0n) is 19.6. The maximum absolute atomic E-state index is 14.5.